The Kier molecular flexibility index (Phi) is 3.68. The molecule has 7 heteroatoms. The van der Waals surface area contributed by atoms with Crippen molar-refractivity contribution >= 4 is 40.1 Å². The number of benzene rings is 2. The first kappa shape index (κ1) is 14.7. The summed E-state index contributed by atoms with van der Waals surface area (Å²) in [4.78, 5) is 10.9. The molecule has 22 heavy (non-hydrogen) atoms. The van der Waals surface area contributed by atoms with Crippen LogP contribution in [0.1, 0.15) is 10.4 Å². The first-order valence-corrected chi connectivity index (χ1v) is 6.79. The van der Waals surface area contributed by atoms with E-state index in [2.05, 4.69) is 0 Å². The van der Waals surface area contributed by atoms with Crippen LogP contribution < -0.4 is 4.74 Å². The van der Waals surface area contributed by atoms with E-state index < -0.39 is 11.8 Å². The van der Waals surface area contributed by atoms with E-state index in [-0.39, 0.29) is 32.9 Å². The number of furan rings is 1. The summed E-state index contributed by atoms with van der Waals surface area (Å²) in [5.41, 5.74) is 0.226. The summed E-state index contributed by atoms with van der Waals surface area (Å²) in [5, 5.41) is 9.49. The van der Waals surface area contributed by atoms with Gasteiger partial charge in [-0.1, -0.05) is 11.6 Å². The number of carboxylic acid groups (broad SMARTS) is 1. The Balaban J connectivity index is 2.03. The van der Waals surface area contributed by atoms with E-state index in [1.807, 2.05) is 0 Å². The van der Waals surface area contributed by atoms with Gasteiger partial charge in [0.15, 0.2) is 16.6 Å². The Morgan fingerprint density at radius 3 is 2.64 bits per heavy atom. The minimum atomic E-state index is -1.15. The number of hydrogen-bond acceptors (Lipinski definition) is 3. The maximum atomic E-state index is 13.6. The second kappa shape index (κ2) is 5.51. The van der Waals surface area contributed by atoms with Crippen molar-refractivity contribution in [3.05, 3.63) is 58.0 Å². The van der Waals surface area contributed by atoms with Crippen molar-refractivity contribution < 1.29 is 23.4 Å². The quantitative estimate of drug-likeness (QED) is 0.696. The van der Waals surface area contributed by atoms with Crippen molar-refractivity contribution in [2.45, 2.75) is 0 Å². The van der Waals surface area contributed by atoms with E-state index in [4.69, 9.17) is 37.5 Å². The molecule has 3 aromatic rings. The van der Waals surface area contributed by atoms with Crippen LogP contribution in [-0.2, 0) is 0 Å². The van der Waals surface area contributed by atoms with Crippen molar-refractivity contribution in [3.8, 4) is 11.5 Å². The van der Waals surface area contributed by atoms with Crippen molar-refractivity contribution in [1.82, 2.24) is 0 Å². The van der Waals surface area contributed by atoms with Gasteiger partial charge in [0.1, 0.15) is 11.6 Å². The molecule has 0 unspecified atom stereocenters. The lowest BCUT2D eigenvalue weighted by atomic mass is 10.2. The number of halogens is 3. The number of carbonyl (C=O) groups is 1. The van der Waals surface area contributed by atoms with E-state index >= 15 is 0 Å². The molecule has 1 aromatic heterocycles. The first-order chi connectivity index (χ1) is 10.4. The van der Waals surface area contributed by atoms with E-state index in [0.717, 1.165) is 6.07 Å². The topological polar surface area (TPSA) is 59.7 Å². The van der Waals surface area contributed by atoms with E-state index in [1.165, 1.54) is 30.3 Å². The summed E-state index contributed by atoms with van der Waals surface area (Å²) < 4.78 is 24.4. The molecule has 0 aliphatic rings. The maximum Gasteiger partial charge on any atom is 0.337 e. The summed E-state index contributed by atoms with van der Waals surface area (Å²) in [5.74, 6) is -1.31. The average Bonchev–Trinajstić information content (AvgIpc) is 2.78. The fourth-order valence-electron chi connectivity index (χ4n) is 1.99. The van der Waals surface area contributed by atoms with Gasteiger partial charge in [-0.15, -0.1) is 0 Å². The predicted octanol–water partition coefficient (Wildman–Crippen LogP) is 5.37. The predicted molar refractivity (Wildman–Crippen MR) is 79.7 cm³/mol. The molecule has 112 valence electrons. The molecule has 0 aliphatic carbocycles. The Hall–Kier alpha value is -2.24. The number of aromatic carboxylic acids is 1. The standard InChI is InChI=1S/C15H7Cl2FO4/c16-11-6-9(1-2-10(11)15(19)20)21-12-5-8(18)3-7-4-13(17)22-14(7)12/h1-6H,(H,19,20). The molecule has 2 aromatic carbocycles. The zero-order valence-corrected chi connectivity index (χ0v) is 12.3. The minimum Gasteiger partial charge on any atom is -0.478 e. The first-order valence-electron chi connectivity index (χ1n) is 6.03. The Bertz CT molecular complexity index is 889. The molecular formula is C15H7Cl2FO4. The molecule has 0 atom stereocenters. The summed E-state index contributed by atoms with van der Waals surface area (Å²) in [6, 6.07) is 7.90. The molecule has 0 amide bonds. The Labute approximate surface area is 133 Å². The zero-order valence-electron chi connectivity index (χ0n) is 10.8. The molecule has 0 saturated carbocycles. The second-order valence-corrected chi connectivity index (χ2v) is 5.20. The van der Waals surface area contributed by atoms with Crippen LogP contribution >= 0.6 is 23.2 Å². The van der Waals surface area contributed by atoms with Gasteiger partial charge in [-0.3, -0.25) is 0 Å². The van der Waals surface area contributed by atoms with Gasteiger partial charge >= 0.3 is 5.97 Å². The van der Waals surface area contributed by atoms with Crippen molar-refractivity contribution in [2.75, 3.05) is 0 Å². The van der Waals surface area contributed by atoms with Crippen LogP contribution in [0.5, 0.6) is 11.5 Å². The fourth-order valence-corrected chi connectivity index (χ4v) is 2.44. The van der Waals surface area contributed by atoms with E-state index in [1.54, 1.807) is 0 Å². The van der Waals surface area contributed by atoms with Gasteiger partial charge in [0.05, 0.1) is 10.6 Å². The van der Waals surface area contributed by atoms with Gasteiger partial charge in [-0.2, -0.15) is 0 Å². The molecule has 3 rings (SSSR count). The van der Waals surface area contributed by atoms with E-state index in [0.29, 0.717) is 5.39 Å². The highest BCUT2D eigenvalue weighted by Crippen LogP contribution is 2.35. The molecule has 1 heterocycles. The molecule has 1 N–H and O–H groups in total. The van der Waals surface area contributed by atoms with Crippen LogP contribution in [-0.4, -0.2) is 11.1 Å². The fraction of sp³-hybridized carbons (Fsp3) is 0. The highest BCUT2D eigenvalue weighted by Gasteiger charge is 2.14. The Morgan fingerprint density at radius 1 is 1.18 bits per heavy atom. The zero-order chi connectivity index (χ0) is 15.9. The highest BCUT2D eigenvalue weighted by molar-refractivity contribution is 6.33. The SMILES string of the molecule is O=C(O)c1ccc(Oc2cc(F)cc3cc(Cl)oc23)cc1Cl. The third kappa shape index (κ3) is 2.73. The number of carboxylic acids is 1. The largest absolute Gasteiger partial charge is 0.478 e. The summed E-state index contributed by atoms with van der Waals surface area (Å²) >= 11 is 11.6. The molecule has 0 bridgehead atoms. The summed E-state index contributed by atoms with van der Waals surface area (Å²) in [7, 11) is 0. The van der Waals surface area contributed by atoms with Crippen LogP contribution in [0.3, 0.4) is 0 Å². The lowest BCUT2D eigenvalue weighted by Crippen LogP contribution is -1.97. The molecule has 0 radical (unpaired) electrons. The highest BCUT2D eigenvalue weighted by atomic mass is 35.5. The monoisotopic (exact) mass is 340 g/mol. The number of hydrogen-bond donors (Lipinski definition) is 1. The van der Waals surface area contributed by atoms with Gasteiger partial charge in [-0.25, -0.2) is 9.18 Å². The smallest absolute Gasteiger partial charge is 0.337 e. The van der Waals surface area contributed by atoms with Crippen molar-refractivity contribution in [2.24, 2.45) is 0 Å². The molecule has 0 saturated heterocycles. The number of fused-ring (bicyclic) bond motifs is 1. The van der Waals surface area contributed by atoms with Crippen LogP contribution in [0.25, 0.3) is 11.0 Å². The van der Waals surface area contributed by atoms with Gasteiger partial charge in [0.25, 0.3) is 0 Å². The normalized spacial score (nSPS) is 10.9. The average molecular weight is 341 g/mol. The van der Waals surface area contributed by atoms with Gasteiger partial charge in [0, 0.05) is 23.6 Å². The van der Waals surface area contributed by atoms with Gasteiger partial charge < -0.3 is 14.3 Å². The lowest BCUT2D eigenvalue weighted by molar-refractivity contribution is 0.0697. The van der Waals surface area contributed by atoms with Crippen LogP contribution in [0.4, 0.5) is 4.39 Å². The number of rotatable bonds is 3. The third-order valence-electron chi connectivity index (χ3n) is 2.92. The van der Waals surface area contributed by atoms with Crippen LogP contribution in [0.2, 0.25) is 10.2 Å². The van der Waals surface area contributed by atoms with Crippen LogP contribution in [0.15, 0.2) is 40.8 Å². The number of ether oxygens (including phenoxy) is 1. The van der Waals surface area contributed by atoms with E-state index in [9.17, 15) is 9.18 Å². The maximum absolute atomic E-state index is 13.6. The summed E-state index contributed by atoms with van der Waals surface area (Å²) in [6.07, 6.45) is 0. The van der Waals surface area contributed by atoms with Gasteiger partial charge in [-0.05, 0) is 29.8 Å². The van der Waals surface area contributed by atoms with Crippen LogP contribution in [0, 0.1) is 5.82 Å². The van der Waals surface area contributed by atoms with Crippen molar-refractivity contribution in [1.29, 1.82) is 0 Å². The minimum absolute atomic E-state index is 0.00937. The molecule has 4 nitrogen and oxygen atoms in total. The lowest BCUT2D eigenvalue weighted by Gasteiger charge is -2.08. The third-order valence-corrected chi connectivity index (χ3v) is 3.41. The molecule has 0 fully saturated rings. The molecule has 0 spiro atoms. The Morgan fingerprint density at radius 2 is 1.95 bits per heavy atom. The summed E-state index contributed by atoms with van der Waals surface area (Å²) in [6.45, 7) is 0. The molecular weight excluding hydrogens is 334 g/mol. The van der Waals surface area contributed by atoms with Gasteiger partial charge in [0.2, 0.25) is 0 Å². The second-order valence-electron chi connectivity index (χ2n) is 4.42. The van der Waals surface area contributed by atoms with Crippen molar-refractivity contribution in [3.63, 3.8) is 0 Å². The molecule has 0 aliphatic heterocycles.